The van der Waals surface area contributed by atoms with Gasteiger partial charge in [-0.05, 0) is 37.0 Å². The zero-order valence-electron chi connectivity index (χ0n) is 11.8. The normalized spacial score (nSPS) is 15.6. The minimum atomic E-state index is -3.93. The van der Waals surface area contributed by atoms with E-state index in [0.717, 1.165) is 6.42 Å². The van der Waals surface area contributed by atoms with Crippen LogP contribution in [0.3, 0.4) is 0 Å². The highest BCUT2D eigenvalue weighted by Crippen LogP contribution is 2.29. The number of carbonyl (C=O) groups is 1. The Labute approximate surface area is 129 Å². The van der Waals surface area contributed by atoms with E-state index in [1.165, 1.54) is 38.3 Å². The first kappa shape index (κ1) is 16.3. The molecule has 0 spiro atoms. The lowest BCUT2D eigenvalue weighted by atomic mass is 9.83. The maximum absolute atomic E-state index is 12.1. The fourth-order valence-corrected chi connectivity index (χ4v) is 3.45. The van der Waals surface area contributed by atoms with Crippen LogP contribution in [0.15, 0.2) is 17.0 Å². The van der Waals surface area contributed by atoms with E-state index in [2.05, 4.69) is 0 Å². The van der Waals surface area contributed by atoms with Crippen molar-refractivity contribution in [3.05, 3.63) is 28.3 Å². The molecule has 1 aliphatic carbocycles. The summed E-state index contributed by atoms with van der Waals surface area (Å²) in [6.45, 7) is 1.85. The number of sulfonamides is 1. The standard InChI is InChI=1S/C14H18ClNO4S/c1-9-12(7-11(15)8-13(9)21(16,18)19)14(17)20-6-5-10-3-2-4-10/h7-8,10H,2-6H2,1H3,(H2,16,18,19). The van der Waals surface area contributed by atoms with Gasteiger partial charge in [-0.1, -0.05) is 30.9 Å². The van der Waals surface area contributed by atoms with E-state index in [1.807, 2.05) is 0 Å². The third kappa shape index (κ3) is 3.96. The quantitative estimate of drug-likeness (QED) is 0.840. The lowest BCUT2D eigenvalue weighted by Gasteiger charge is -2.24. The van der Waals surface area contributed by atoms with Gasteiger partial charge >= 0.3 is 5.97 Å². The number of hydrogen-bond acceptors (Lipinski definition) is 4. The maximum atomic E-state index is 12.1. The lowest BCUT2D eigenvalue weighted by Crippen LogP contribution is -2.18. The molecule has 0 amide bonds. The lowest BCUT2D eigenvalue weighted by molar-refractivity contribution is 0.0463. The molecule has 0 unspecified atom stereocenters. The van der Waals surface area contributed by atoms with E-state index in [4.69, 9.17) is 21.5 Å². The second-order valence-electron chi connectivity index (χ2n) is 5.34. The van der Waals surface area contributed by atoms with Crippen LogP contribution >= 0.6 is 11.6 Å². The number of hydrogen-bond donors (Lipinski definition) is 1. The van der Waals surface area contributed by atoms with Gasteiger partial charge in [0.2, 0.25) is 10.0 Å². The summed E-state index contributed by atoms with van der Waals surface area (Å²) in [5.41, 5.74) is 0.399. The molecule has 0 saturated heterocycles. The van der Waals surface area contributed by atoms with Crippen molar-refractivity contribution in [3.8, 4) is 0 Å². The second-order valence-corrected chi connectivity index (χ2v) is 7.31. The van der Waals surface area contributed by atoms with Gasteiger partial charge < -0.3 is 4.74 Å². The predicted molar refractivity (Wildman–Crippen MR) is 79.8 cm³/mol. The minimum Gasteiger partial charge on any atom is -0.462 e. The summed E-state index contributed by atoms with van der Waals surface area (Å²) in [5.74, 6) is 0.0671. The van der Waals surface area contributed by atoms with Gasteiger partial charge in [0, 0.05) is 5.02 Å². The summed E-state index contributed by atoms with van der Waals surface area (Å²) in [5, 5.41) is 5.26. The predicted octanol–water partition coefficient (Wildman–Crippen LogP) is 2.64. The molecule has 0 aliphatic heterocycles. The third-order valence-electron chi connectivity index (χ3n) is 3.84. The number of halogens is 1. The summed E-state index contributed by atoms with van der Waals surface area (Å²) in [7, 11) is -3.93. The molecule has 1 aromatic carbocycles. The van der Waals surface area contributed by atoms with Crippen LogP contribution in [0.1, 0.15) is 41.6 Å². The van der Waals surface area contributed by atoms with Gasteiger partial charge in [-0.2, -0.15) is 0 Å². The summed E-state index contributed by atoms with van der Waals surface area (Å²) in [6.07, 6.45) is 4.45. The first-order chi connectivity index (χ1) is 9.79. The van der Waals surface area contributed by atoms with Crippen LogP contribution in [0.4, 0.5) is 0 Å². The fraction of sp³-hybridized carbons (Fsp3) is 0.500. The Balaban J connectivity index is 2.14. The van der Waals surface area contributed by atoms with Gasteiger partial charge in [-0.3, -0.25) is 0 Å². The smallest absolute Gasteiger partial charge is 0.338 e. The Hall–Kier alpha value is -1.11. The average Bonchev–Trinajstić information content (AvgIpc) is 2.33. The highest BCUT2D eigenvalue weighted by molar-refractivity contribution is 7.89. The zero-order chi connectivity index (χ0) is 15.6. The van der Waals surface area contributed by atoms with Crippen LogP contribution in [-0.4, -0.2) is 21.0 Å². The van der Waals surface area contributed by atoms with Crippen molar-refractivity contribution in [1.82, 2.24) is 0 Å². The third-order valence-corrected chi connectivity index (χ3v) is 5.09. The number of carbonyl (C=O) groups excluding carboxylic acids is 1. The molecule has 1 fully saturated rings. The fourth-order valence-electron chi connectivity index (χ4n) is 2.34. The number of ether oxygens (including phenoxy) is 1. The van der Waals surface area contributed by atoms with Crippen molar-refractivity contribution in [3.63, 3.8) is 0 Å². The van der Waals surface area contributed by atoms with E-state index >= 15 is 0 Å². The van der Waals surface area contributed by atoms with Crippen LogP contribution in [0.25, 0.3) is 0 Å². The summed E-state index contributed by atoms with van der Waals surface area (Å²) in [4.78, 5) is 11.9. The van der Waals surface area contributed by atoms with Crippen molar-refractivity contribution < 1.29 is 17.9 Å². The molecule has 5 nitrogen and oxygen atoms in total. The molecule has 0 bridgehead atoms. The molecule has 0 aromatic heterocycles. The van der Waals surface area contributed by atoms with Crippen molar-refractivity contribution >= 4 is 27.6 Å². The number of esters is 1. The summed E-state index contributed by atoms with van der Waals surface area (Å²) in [6, 6.07) is 2.63. The van der Waals surface area contributed by atoms with Crippen LogP contribution in [0, 0.1) is 12.8 Å². The van der Waals surface area contributed by atoms with Crippen LogP contribution < -0.4 is 5.14 Å². The maximum Gasteiger partial charge on any atom is 0.338 e. The molecule has 1 aromatic rings. The van der Waals surface area contributed by atoms with Crippen LogP contribution in [0.2, 0.25) is 5.02 Å². The average molecular weight is 332 g/mol. The molecule has 0 radical (unpaired) electrons. The van der Waals surface area contributed by atoms with Crippen molar-refractivity contribution in [1.29, 1.82) is 0 Å². The molecule has 116 valence electrons. The molecule has 7 heteroatoms. The topological polar surface area (TPSA) is 86.5 Å². The Morgan fingerprint density at radius 2 is 2.10 bits per heavy atom. The van der Waals surface area contributed by atoms with Gasteiger partial charge in [0.25, 0.3) is 0 Å². The molecular formula is C14H18ClNO4S. The molecule has 1 saturated carbocycles. The van der Waals surface area contributed by atoms with Crippen molar-refractivity contribution in [2.75, 3.05) is 6.61 Å². The van der Waals surface area contributed by atoms with E-state index in [9.17, 15) is 13.2 Å². The number of nitrogens with two attached hydrogens (primary N) is 1. The Morgan fingerprint density at radius 3 is 2.62 bits per heavy atom. The van der Waals surface area contributed by atoms with Gasteiger partial charge in [0.05, 0.1) is 17.1 Å². The van der Waals surface area contributed by atoms with Gasteiger partial charge in [-0.25, -0.2) is 18.4 Å². The van der Waals surface area contributed by atoms with Gasteiger partial charge in [-0.15, -0.1) is 0 Å². The molecule has 0 heterocycles. The van der Waals surface area contributed by atoms with Crippen molar-refractivity contribution in [2.24, 2.45) is 11.1 Å². The largest absolute Gasteiger partial charge is 0.462 e. The van der Waals surface area contributed by atoms with Crippen molar-refractivity contribution in [2.45, 2.75) is 37.5 Å². The zero-order valence-corrected chi connectivity index (χ0v) is 13.3. The van der Waals surface area contributed by atoms with E-state index in [1.54, 1.807) is 0 Å². The molecular weight excluding hydrogens is 314 g/mol. The highest BCUT2D eigenvalue weighted by Gasteiger charge is 2.21. The number of primary sulfonamides is 1. The van der Waals surface area contributed by atoms with E-state index in [-0.39, 0.29) is 21.0 Å². The SMILES string of the molecule is Cc1c(C(=O)OCCC2CCC2)cc(Cl)cc1S(N)(=O)=O. The molecule has 0 atom stereocenters. The number of benzene rings is 1. The van der Waals surface area contributed by atoms with Gasteiger partial charge in [0.15, 0.2) is 0 Å². The minimum absolute atomic E-state index is 0.135. The first-order valence-electron chi connectivity index (χ1n) is 6.79. The van der Waals surface area contributed by atoms with Crippen LogP contribution in [0.5, 0.6) is 0 Å². The molecule has 21 heavy (non-hydrogen) atoms. The van der Waals surface area contributed by atoms with Gasteiger partial charge in [0.1, 0.15) is 0 Å². The second kappa shape index (κ2) is 6.34. The number of rotatable bonds is 5. The summed E-state index contributed by atoms with van der Waals surface area (Å²) >= 11 is 5.86. The Kier molecular flexibility index (Phi) is 4.91. The van der Waals surface area contributed by atoms with E-state index in [0.29, 0.717) is 12.5 Å². The monoisotopic (exact) mass is 331 g/mol. The van der Waals surface area contributed by atoms with E-state index < -0.39 is 16.0 Å². The highest BCUT2D eigenvalue weighted by atomic mass is 35.5. The molecule has 1 aliphatic rings. The van der Waals surface area contributed by atoms with Crippen LogP contribution in [-0.2, 0) is 14.8 Å². The molecule has 2 N–H and O–H groups in total. The summed E-state index contributed by atoms with van der Waals surface area (Å²) < 4.78 is 28.2. The Morgan fingerprint density at radius 1 is 1.43 bits per heavy atom. The Bertz CT molecular complexity index is 653. The first-order valence-corrected chi connectivity index (χ1v) is 8.71. The molecule has 2 rings (SSSR count).